The van der Waals surface area contributed by atoms with Gasteiger partial charge < -0.3 is 5.32 Å². The monoisotopic (exact) mass is 271 g/mol. The highest BCUT2D eigenvalue weighted by Gasteiger charge is 2.38. The molecule has 1 fully saturated rings. The summed E-state index contributed by atoms with van der Waals surface area (Å²) in [4.78, 5) is 0. The maximum Gasteiger partial charge on any atom is 0.124 e. The molecule has 1 heterocycles. The molecule has 1 aliphatic rings. The van der Waals surface area contributed by atoms with E-state index in [1.165, 1.54) is 5.56 Å². The van der Waals surface area contributed by atoms with Gasteiger partial charge in [-0.25, -0.2) is 4.39 Å². The van der Waals surface area contributed by atoms with Crippen LogP contribution in [0.1, 0.15) is 12.5 Å². The van der Waals surface area contributed by atoms with Gasteiger partial charge in [0, 0.05) is 23.5 Å². The summed E-state index contributed by atoms with van der Waals surface area (Å²) in [5.41, 5.74) is 0.142. The smallest absolute Gasteiger partial charge is 0.124 e. The predicted octanol–water partition coefficient (Wildman–Crippen LogP) is 2.94. The number of rotatable bonds is 2. The van der Waals surface area contributed by atoms with Gasteiger partial charge in [0.05, 0.1) is 0 Å². The molecule has 1 nitrogen and oxygen atoms in total. The average Bonchev–Trinajstić information content (AvgIpc) is 2.50. The van der Waals surface area contributed by atoms with Crippen LogP contribution in [0.3, 0.4) is 0 Å². The van der Waals surface area contributed by atoms with Crippen molar-refractivity contribution in [3.05, 3.63) is 34.3 Å². The molecule has 15 heavy (non-hydrogen) atoms. The van der Waals surface area contributed by atoms with Crippen LogP contribution in [0.25, 0.3) is 0 Å². The van der Waals surface area contributed by atoms with E-state index >= 15 is 0 Å². The fraction of sp³-hybridized carbons (Fsp3) is 0.500. The number of halogens is 2. The third kappa shape index (κ3) is 2.58. The van der Waals surface area contributed by atoms with Gasteiger partial charge in [0.25, 0.3) is 0 Å². The quantitative estimate of drug-likeness (QED) is 0.872. The molecule has 0 aromatic heterocycles. The van der Waals surface area contributed by atoms with Gasteiger partial charge in [0.2, 0.25) is 0 Å². The Labute approximate surface area is 98.2 Å². The fourth-order valence-electron chi connectivity index (χ4n) is 2.04. The largest absolute Gasteiger partial charge is 0.313 e. The lowest BCUT2D eigenvalue weighted by molar-refractivity contribution is 0.152. The Morgan fingerprint density at radius 3 is 2.67 bits per heavy atom. The van der Waals surface area contributed by atoms with Gasteiger partial charge in [0.15, 0.2) is 0 Å². The second kappa shape index (κ2) is 4.22. The summed E-state index contributed by atoms with van der Waals surface area (Å²) < 4.78 is 15.0. The van der Waals surface area contributed by atoms with E-state index in [0.29, 0.717) is 6.54 Å². The number of hydrogen-bond acceptors (Lipinski definition) is 1. The van der Waals surface area contributed by atoms with Crippen molar-refractivity contribution in [2.24, 2.45) is 5.92 Å². The van der Waals surface area contributed by atoms with E-state index in [2.05, 4.69) is 33.4 Å². The second-order valence-corrected chi connectivity index (χ2v) is 5.35. The van der Waals surface area contributed by atoms with Crippen molar-refractivity contribution in [2.45, 2.75) is 19.0 Å². The number of alkyl halides is 1. The van der Waals surface area contributed by atoms with Crippen LogP contribution in [-0.2, 0) is 6.42 Å². The van der Waals surface area contributed by atoms with E-state index < -0.39 is 5.67 Å². The summed E-state index contributed by atoms with van der Waals surface area (Å²) in [7, 11) is 0. The topological polar surface area (TPSA) is 12.0 Å². The number of nitrogens with one attached hydrogen (secondary N) is 1. The molecule has 0 bridgehead atoms. The molecule has 0 amide bonds. The van der Waals surface area contributed by atoms with Gasteiger partial charge >= 0.3 is 0 Å². The van der Waals surface area contributed by atoms with Crippen molar-refractivity contribution in [2.75, 3.05) is 13.1 Å². The standard InChI is InChI=1S/C12H15BrFN/c1-12(14)8-15-7-10(12)6-9-2-4-11(13)5-3-9/h2-5,10,15H,6-8H2,1H3. The van der Waals surface area contributed by atoms with Crippen molar-refractivity contribution < 1.29 is 4.39 Å². The lowest BCUT2D eigenvalue weighted by atomic mass is 9.89. The molecule has 82 valence electrons. The molecule has 0 spiro atoms. The van der Waals surface area contributed by atoms with E-state index in [0.717, 1.165) is 17.4 Å². The minimum Gasteiger partial charge on any atom is -0.313 e. The zero-order chi connectivity index (χ0) is 10.9. The number of benzene rings is 1. The van der Waals surface area contributed by atoms with Crippen LogP contribution >= 0.6 is 15.9 Å². The molecule has 2 unspecified atom stereocenters. The minimum absolute atomic E-state index is 0.0960. The molecular weight excluding hydrogens is 257 g/mol. The Morgan fingerprint density at radius 2 is 2.13 bits per heavy atom. The molecule has 2 rings (SSSR count). The van der Waals surface area contributed by atoms with Gasteiger partial charge in [-0.2, -0.15) is 0 Å². The third-order valence-corrected chi connectivity index (χ3v) is 3.64. The Morgan fingerprint density at radius 1 is 1.47 bits per heavy atom. The first-order valence-electron chi connectivity index (χ1n) is 5.22. The van der Waals surface area contributed by atoms with Crippen molar-refractivity contribution in [3.63, 3.8) is 0 Å². The summed E-state index contributed by atoms with van der Waals surface area (Å²) in [6.07, 6.45) is 0.813. The molecule has 1 aromatic carbocycles. The maximum atomic E-state index is 14.0. The van der Waals surface area contributed by atoms with Crippen LogP contribution in [0.15, 0.2) is 28.7 Å². The van der Waals surface area contributed by atoms with Crippen LogP contribution < -0.4 is 5.32 Å². The third-order valence-electron chi connectivity index (χ3n) is 3.11. The normalized spacial score (nSPS) is 30.7. The average molecular weight is 272 g/mol. The highest BCUT2D eigenvalue weighted by atomic mass is 79.9. The van der Waals surface area contributed by atoms with Crippen LogP contribution in [0.2, 0.25) is 0 Å². The van der Waals surface area contributed by atoms with Crippen molar-refractivity contribution >= 4 is 15.9 Å². The maximum absolute atomic E-state index is 14.0. The molecule has 2 atom stereocenters. The Balaban J connectivity index is 2.06. The Kier molecular flexibility index (Phi) is 3.12. The van der Waals surface area contributed by atoms with Crippen molar-refractivity contribution in [1.29, 1.82) is 0 Å². The van der Waals surface area contributed by atoms with E-state index in [-0.39, 0.29) is 5.92 Å². The molecule has 3 heteroatoms. The molecule has 1 aliphatic heterocycles. The lowest BCUT2D eigenvalue weighted by Crippen LogP contribution is -2.29. The van der Waals surface area contributed by atoms with Crippen LogP contribution in [0.5, 0.6) is 0 Å². The van der Waals surface area contributed by atoms with Crippen molar-refractivity contribution in [3.8, 4) is 0 Å². The zero-order valence-electron chi connectivity index (χ0n) is 8.76. The lowest BCUT2D eigenvalue weighted by Gasteiger charge is -2.21. The van der Waals surface area contributed by atoms with Gasteiger partial charge in [-0.3, -0.25) is 0 Å². The fourth-order valence-corrected chi connectivity index (χ4v) is 2.30. The first-order valence-corrected chi connectivity index (χ1v) is 6.01. The molecule has 0 radical (unpaired) electrons. The highest BCUT2D eigenvalue weighted by Crippen LogP contribution is 2.29. The van der Waals surface area contributed by atoms with Gasteiger partial charge in [0.1, 0.15) is 5.67 Å². The van der Waals surface area contributed by atoms with Gasteiger partial charge in [-0.05, 0) is 31.0 Å². The molecule has 0 aliphatic carbocycles. The molecular formula is C12H15BrFN. The van der Waals surface area contributed by atoms with E-state index in [1.807, 2.05) is 12.1 Å². The zero-order valence-corrected chi connectivity index (χ0v) is 10.3. The molecule has 1 N–H and O–H groups in total. The Hall–Kier alpha value is -0.410. The van der Waals surface area contributed by atoms with Crippen LogP contribution in [-0.4, -0.2) is 18.8 Å². The second-order valence-electron chi connectivity index (χ2n) is 4.44. The van der Waals surface area contributed by atoms with E-state index in [4.69, 9.17) is 0 Å². The van der Waals surface area contributed by atoms with E-state index in [9.17, 15) is 4.39 Å². The summed E-state index contributed by atoms with van der Waals surface area (Å²) in [6, 6.07) is 8.12. The minimum atomic E-state index is -1.06. The van der Waals surface area contributed by atoms with Gasteiger partial charge in [-0.1, -0.05) is 28.1 Å². The highest BCUT2D eigenvalue weighted by molar-refractivity contribution is 9.10. The molecule has 1 aromatic rings. The van der Waals surface area contributed by atoms with Crippen LogP contribution in [0, 0.1) is 5.92 Å². The van der Waals surface area contributed by atoms with Crippen LogP contribution in [0.4, 0.5) is 4.39 Å². The first kappa shape index (κ1) is 11.1. The SMILES string of the molecule is CC1(F)CNCC1Cc1ccc(Br)cc1. The predicted molar refractivity (Wildman–Crippen MR) is 63.7 cm³/mol. The number of hydrogen-bond donors (Lipinski definition) is 1. The van der Waals surface area contributed by atoms with E-state index in [1.54, 1.807) is 6.92 Å². The van der Waals surface area contributed by atoms with Gasteiger partial charge in [-0.15, -0.1) is 0 Å². The summed E-state index contributed by atoms with van der Waals surface area (Å²) in [5, 5.41) is 3.11. The molecule has 0 saturated carbocycles. The van der Waals surface area contributed by atoms with Crippen molar-refractivity contribution in [1.82, 2.24) is 5.32 Å². The Bertz CT molecular complexity index is 334. The summed E-state index contributed by atoms with van der Waals surface area (Å²) in [5.74, 6) is 0.0960. The first-order chi connectivity index (χ1) is 7.08. The molecule has 1 saturated heterocycles. The summed E-state index contributed by atoms with van der Waals surface area (Å²) in [6.45, 7) is 2.95. The summed E-state index contributed by atoms with van der Waals surface area (Å²) >= 11 is 3.39.